The van der Waals surface area contributed by atoms with E-state index >= 15 is 0 Å². The molecule has 92 valence electrons. The predicted molar refractivity (Wildman–Crippen MR) is 68.1 cm³/mol. The van der Waals surface area contributed by atoms with Crippen LogP contribution in [0.5, 0.6) is 0 Å². The van der Waals surface area contributed by atoms with Crippen LogP contribution in [0.2, 0.25) is 0 Å². The number of hydrogen-bond acceptors (Lipinski definition) is 4. The molecule has 3 rings (SSSR count). The van der Waals surface area contributed by atoms with E-state index in [4.69, 9.17) is 5.14 Å². The van der Waals surface area contributed by atoms with Crippen molar-refractivity contribution in [3.05, 3.63) is 23.1 Å². The summed E-state index contributed by atoms with van der Waals surface area (Å²) in [5.74, 6) is 1.30. The van der Waals surface area contributed by atoms with Gasteiger partial charge in [0.05, 0.1) is 0 Å². The molecule has 17 heavy (non-hydrogen) atoms. The third kappa shape index (κ3) is 2.06. The average molecular weight is 270 g/mol. The molecule has 2 heterocycles. The lowest BCUT2D eigenvalue weighted by atomic mass is 10.00. The van der Waals surface area contributed by atoms with Gasteiger partial charge in [-0.3, -0.25) is 0 Å². The Hall–Kier alpha value is -0.690. The fourth-order valence-electron chi connectivity index (χ4n) is 2.61. The Morgan fingerprint density at radius 1 is 1.35 bits per heavy atom. The molecule has 4 nitrogen and oxygen atoms in total. The summed E-state index contributed by atoms with van der Waals surface area (Å²) < 4.78 is 22.7. The van der Waals surface area contributed by atoms with Crippen molar-refractivity contribution < 1.29 is 8.42 Å². The average Bonchev–Trinajstić information content (AvgIpc) is 2.90. The van der Waals surface area contributed by atoms with E-state index in [2.05, 4.69) is 11.4 Å². The molecule has 3 N–H and O–H groups in total. The van der Waals surface area contributed by atoms with Crippen LogP contribution in [0.15, 0.2) is 22.4 Å². The molecule has 6 heteroatoms. The van der Waals surface area contributed by atoms with Gasteiger partial charge in [-0.05, 0) is 42.5 Å². The quantitative estimate of drug-likeness (QED) is 0.842. The predicted octanol–water partition coefficient (Wildman–Crippen LogP) is 1.02. The zero-order chi connectivity index (χ0) is 12.0. The summed E-state index contributed by atoms with van der Waals surface area (Å²) in [4.78, 5) is 1.04. The maximum absolute atomic E-state index is 11.2. The minimum Gasteiger partial charge on any atom is -0.316 e. The minimum atomic E-state index is -3.55. The molecule has 0 saturated carbocycles. The van der Waals surface area contributed by atoms with Gasteiger partial charge in [0.15, 0.2) is 0 Å². The van der Waals surface area contributed by atoms with Gasteiger partial charge in [-0.1, -0.05) is 6.08 Å². The third-order valence-corrected chi connectivity index (χ3v) is 6.07. The second kappa shape index (κ2) is 3.91. The van der Waals surface area contributed by atoms with E-state index in [1.165, 1.54) is 16.9 Å². The van der Waals surface area contributed by atoms with E-state index in [9.17, 15) is 8.42 Å². The zero-order valence-corrected chi connectivity index (χ0v) is 10.9. The molecular weight excluding hydrogens is 256 g/mol. The van der Waals surface area contributed by atoms with Gasteiger partial charge in [0.1, 0.15) is 4.21 Å². The van der Waals surface area contributed by atoms with Gasteiger partial charge in [0.2, 0.25) is 10.0 Å². The molecule has 1 aromatic heterocycles. The molecule has 0 radical (unpaired) electrons. The molecule has 2 atom stereocenters. The molecule has 1 saturated heterocycles. The first kappa shape index (κ1) is 11.4. The molecule has 0 aromatic carbocycles. The molecule has 0 amide bonds. The normalized spacial score (nSPS) is 28.2. The van der Waals surface area contributed by atoms with Crippen LogP contribution < -0.4 is 10.5 Å². The number of nitrogens with one attached hydrogen (secondary N) is 1. The number of sulfonamides is 1. The summed E-state index contributed by atoms with van der Waals surface area (Å²) in [5.41, 5.74) is 1.28. The van der Waals surface area contributed by atoms with Gasteiger partial charge in [-0.15, -0.1) is 11.3 Å². The summed E-state index contributed by atoms with van der Waals surface area (Å²) >= 11 is 1.27. The number of primary sulfonamides is 1. The lowest BCUT2D eigenvalue weighted by Crippen LogP contribution is -2.09. The van der Waals surface area contributed by atoms with E-state index in [-0.39, 0.29) is 4.21 Å². The molecule has 2 aliphatic rings. The monoisotopic (exact) mass is 270 g/mol. The number of rotatable bonds is 2. The van der Waals surface area contributed by atoms with Crippen LogP contribution in [0.25, 0.3) is 5.57 Å². The molecule has 1 aromatic rings. The zero-order valence-electron chi connectivity index (χ0n) is 9.22. The summed E-state index contributed by atoms with van der Waals surface area (Å²) in [5, 5.41) is 8.48. The number of nitrogens with two attached hydrogens (primary N) is 1. The highest BCUT2D eigenvalue weighted by molar-refractivity contribution is 7.91. The molecule has 0 bridgehead atoms. The summed E-state index contributed by atoms with van der Waals surface area (Å²) in [7, 11) is -3.55. The molecule has 1 aliphatic carbocycles. The summed E-state index contributed by atoms with van der Waals surface area (Å²) in [6, 6.07) is 3.47. The minimum absolute atomic E-state index is 0.253. The lowest BCUT2D eigenvalue weighted by molar-refractivity contribution is 0.536. The van der Waals surface area contributed by atoms with Crippen LogP contribution in [-0.4, -0.2) is 21.5 Å². The van der Waals surface area contributed by atoms with Crippen molar-refractivity contribution in [1.82, 2.24) is 5.32 Å². The fraction of sp³-hybridized carbons (Fsp3) is 0.455. The Bertz CT molecular complexity index is 574. The van der Waals surface area contributed by atoms with E-state index in [1.54, 1.807) is 6.07 Å². The SMILES string of the molecule is NS(=O)(=O)c1ccc(C2=C[C@@H]3CNC[C@@H]3C2)s1. The summed E-state index contributed by atoms with van der Waals surface area (Å²) in [6.45, 7) is 2.11. The first-order valence-corrected chi connectivity index (χ1v) is 7.95. The lowest BCUT2D eigenvalue weighted by Gasteiger charge is -2.04. The second-order valence-corrected chi connectivity index (χ2v) is 7.51. The van der Waals surface area contributed by atoms with Gasteiger partial charge in [-0.2, -0.15) is 0 Å². The number of thiophene rings is 1. The van der Waals surface area contributed by atoms with Crippen molar-refractivity contribution in [1.29, 1.82) is 0 Å². The van der Waals surface area contributed by atoms with Crippen molar-refractivity contribution in [3.63, 3.8) is 0 Å². The van der Waals surface area contributed by atoms with E-state index in [0.29, 0.717) is 11.8 Å². The van der Waals surface area contributed by atoms with Gasteiger partial charge >= 0.3 is 0 Å². The highest BCUT2D eigenvalue weighted by Crippen LogP contribution is 2.40. The maximum Gasteiger partial charge on any atom is 0.247 e. The van der Waals surface area contributed by atoms with Crippen molar-refractivity contribution >= 4 is 26.9 Å². The van der Waals surface area contributed by atoms with Crippen LogP contribution in [0.4, 0.5) is 0 Å². The van der Waals surface area contributed by atoms with Crippen LogP contribution in [-0.2, 0) is 10.0 Å². The Labute approximate surface area is 105 Å². The second-order valence-electron chi connectivity index (χ2n) is 4.64. The molecule has 1 fully saturated rings. The number of allylic oxidation sites excluding steroid dienone is 1. The summed E-state index contributed by atoms with van der Waals surface area (Å²) in [6.07, 6.45) is 3.33. The van der Waals surface area contributed by atoms with E-state index < -0.39 is 10.0 Å². The molecule has 0 spiro atoms. The Balaban J connectivity index is 1.89. The maximum atomic E-state index is 11.2. The van der Waals surface area contributed by atoms with Crippen LogP contribution in [0, 0.1) is 11.8 Å². The van der Waals surface area contributed by atoms with Gasteiger partial charge in [0.25, 0.3) is 0 Å². The van der Waals surface area contributed by atoms with Crippen LogP contribution >= 0.6 is 11.3 Å². The van der Waals surface area contributed by atoms with E-state index in [0.717, 1.165) is 24.4 Å². The largest absolute Gasteiger partial charge is 0.316 e. The Morgan fingerprint density at radius 3 is 2.82 bits per heavy atom. The number of hydrogen-bond donors (Lipinski definition) is 2. The van der Waals surface area contributed by atoms with Gasteiger partial charge in [0, 0.05) is 11.4 Å². The topological polar surface area (TPSA) is 72.2 Å². The van der Waals surface area contributed by atoms with Crippen LogP contribution in [0.1, 0.15) is 11.3 Å². The van der Waals surface area contributed by atoms with Gasteiger partial charge < -0.3 is 5.32 Å². The Kier molecular flexibility index (Phi) is 2.62. The van der Waals surface area contributed by atoms with Crippen molar-refractivity contribution in [2.24, 2.45) is 17.0 Å². The van der Waals surface area contributed by atoms with Gasteiger partial charge in [-0.25, -0.2) is 13.6 Å². The standard InChI is InChI=1S/C11H14N2O2S2/c12-17(14,15)11-2-1-10(16-11)7-3-8-5-13-6-9(8)4-7/h1-3,8-9,13H,4-6H2,(H2,12,14,15)/t8-,9+/m1/s1. The van der Waals surface area contributed by atoms with Crippen molar-refractivity contribution in [3.8, 4) is 0 Å². The van der Waals surface area contributed by atoms with E-state index in [1.807, 2.05) is 6.07 Å². The van der Waals surface area contributed by atoms with Crippen LogP contribution in [0.3, 0.4) is 0 Å². The smallest absolute Gasteiger partial charge is 0.247 e. The first-order chi connectivity index (χ1) is 8.04. The van der Waals surface area contributed by atoms with Crippen molar-refractivity contribution in [2.75, 3.05) is 13.1 Å². The highest BCUT2D eigenvalue weighted by atomic mass is 32.2. The Morgan fingerprint density at radius 2 is 2.18 bits per heavy atom. The van der Waals surface area contributed by atoms with Crippen molar-refractivity contribution in [2.45, 2.75) is 10.6 Å². The highest BCUT2D eigenvalue weighted by Gasteiger charge is 2.32. The first-order valence-electron chi connectivity index (χ1n) is 5.58. The fourth-order valence-corrected chi connectivity index (χ4v) is 4.37. The molecule has 0 unspecified atom stereocenters. The third-order valence-electron chi connectivity index (χ3n) is 3.47. The number of fused-ring (bicyclic) bond motifs is 1. The molecule has 1 aliphatic heterocycles. The molecular formula is C11H14N2O2S2.